The largest absolute Gasteiger partial charge is 0.493 e. The van der Waals surface area contributed by atoms with Gasteiger partial charge in [-0.15, -0.1) is 0 Å². The van der Waals surface area contributed by atoms with Crippen LogP contribution >= 0.6 is 39.9 Å². The molecule has 2 aromatic carbocycles. The maximum absolute atomic E-state index is 12.9. The van der Waals surface area contributed by atoms with Crippen molar-refractivity contribution in [2.24, 2.45) is 0 Å². The maximum Gasteiger partial charge on any atom is 0.266 e. The third-order valence-electron chi connectivity index (χ3n) is 5.24. The van der Waals surface area contributed by atoms with Gasteiger partial charge in [-0.2, -0.15) is 0 Å². The number of nitrogens with one attached hydrogen (secondary N) is 1. The minimum Gasteiger partial charge on any atom is -0.493 e. The lowest BCUT2D eigenvalue weighted by molar-refractivity contribution is -0.123. The Bertz CT molecular complexity index is 1120. The van der Waals surface area contributed by atoms with Crippen LogP contribution in [0.5, 0.6) is 11.5 Å². The summed E-state index contributed by atoms with van der Waals surface area (Å²) in [6, 6.07) is 12.7. The molecule has 0 aliphatic carbocycles. The number of rotatable bonds is 8. The van der Waals surface area contributed by atoms with E-state index >= 15 is 0 Å². The van der Waals surface area contributed by atoms with Gasteiger partial charge in [-0.05, 0) is 64.7 Å². The molecule has 1 atom stereocenters. The summed E-state index contributed by atoms with van der Waals surface area (Å²) < 4.78 is 18.0. The molecule has 0 unspecified atom stereocenters. The highest BCUT2D eigenvalue weighted by molar-refractivity contribution is 9.10. The van der Waals surface area contributed by atoms with E-state index in [0.717, 1.165) is 25.0 Å². The molecule has 0 aromatic heterocycles. The van der Waals surface area contributed by atoms with Crippen LogP contribution in [-0.2, 0) is 14.3 Å². The van der Waals surface area contributed by atoms with Crippen molar-refractivity contribution < 1.29 is 23.8 Å². The van der Waals surface area contributed by atoms with Crippen molar-refractivity contribution in [1.29, 1.82) is 0 Å². The zero-order valence-corrected chi connectivity index (χ0v) is 21.6. The van der Waals surface area contributed by atoms with Gasteiger partial charge < -0.3 is 19.5 Å². The molecule has 10 heteroatoms. The average Bonchev–Trinajstić information content (AvgIpc) is 3.43. The summed E-state index contributed by atoms with van der Waals surface area (Å²) in [4.78, 5) is 27.3. The number of halogens is 1. The van der Waals surface area contributed by atoms with Crippen LogP contribution in [0.2, 0.25) is 0 Å². The lowest BCUT2D eigenvalue weighted by atomic mass is 10.1. The second kappa shape index (κ2) is 11.4. The molecule has 2 aliphatic heterocycles. The number of carbonyl (C=O) groups excluding carboxylic acids is 2. The van der Waals surface area contributed by atoms with E-state index in [1.807, 2.05) is 18.2 Å². The number of thiocarbonyl (C=S) groups is 1. The molecule has 2 saturated heterocycles. The highest BCUT2D eigenvalue weighted by atomic mass is 79.9. The number of thioether (sulfide) groups is 1. The molecular formula is C24H23BrN2O5S2. The molecule has 178 valence electrons. The molecule has 2 heterocycles. The summed E-state index contributed by atoms with van der Waals surface area (Å²) >= 11 is 10.2. The number of ether oxygens (including phenoxy) is 3. The Labute approximate surface area is 215 Å². The predicted molar refractivity (Wildman–Crippen MR) is 140 cm³/mol. The SMILES string of the molecule is COc1cc(/C=C2\SC(=S)N(C[C@@H]3CCCO3)C2=O)cc(Br)c1OCC(=O)Nc1ccccc1. The molecule has 34 heavy (non-hydrogen) atoms. The van der Waals surface area contributed by atoms with Gasteiger partial charge in [-0.1, -0.05) is 42.2 Å². The van der Waals surface area contributed by atoms with Crippen LogP contribution in [0.15, 0.2) is 51.8 Å². The third-order valence-corrected chi connectivity index (χ3v) is 7.21. The summed E-state index contributed by atoms with van der Waals surface area (Å²) in [6.45, 7) is 1.02. The van der Waals surface area contributed by atoms with Gasteiger partial charge in [-0.3, -0.25) is 14.5 Å². The number of hydrogen-bond acceptors (Lipinski definition) is 7. The Morgan fingerprint density at radius 2 is 2.15 bits per heavy atom. The van der Waals surface area contributed by atoms with E-state index in [4.69, 9.17) is 26.4 Å². The zero-order chi connectivity index (χ0) is 24.1. The Hall–Kier alpha value is -2.40. The minimum atomic E-state index is -0.292. The smallest absolute Gasteiger partial charge is 0.266 e. The van der Waals surface area contributed by atoms with E-state index in [-0.39, 0.29) is 24.5 Å². The summed E-state index contributed by atoms with van der Waals surface area (Å²) in [7, 11) is 1.52. The van der Waals surface area contributed by atoms with Crippen LogP contribution in [0.25, 0.3) is 6.08 Å². The van der Waals surface area contributed by atoms with Crippen molar-refractivity contribution in [2.45, 2.75) is 18.9 Å². The number of carbonyl (C=O) groups is 2. The Morgan fingerprint density at radius 1 is 1.35 bits per heavy atom. The van der Waals surface area contributed by atoms with Crippen LogP contribution in [-0.4, -0.2) is 54.0 Å². The van der Waals surface area contributed by atoms with Gasteiger partial charge in [0.05, 0.1) is 29.1 Å². The van der Waals surface area contributed by atoms with E-state index in [2.05, 4.69) is 21.2 Å². The Kier molecular flexibility index (Phi) is 8.25. The number of nitrogens with zero attached hydrogens (tertiary/aromatic N) is 1. The molecule has 4 rings (SSSR count). The lowest BCUT2D eigenvalue weighted by Gasteiger charge is -2.18. The molecular weight excluding hydrogens is 540 g/mol. The Morgan fingerprint density at radius 3 is 2.85 bits per heavy atom. The topological polar surface area (TPSA) is 77.1 Å². The molecule has 1 N–H and O–H groups in total. The first-order chi connectivity index (χ1) is 16.4. The summed E-state index contributed by atoms with van der Waals surface area (Å²) in [5, 5.41) is 2.77. The zero-order valence-electron chi connectivity index (χ0n) is 18.4. The van der Waals surface area contributed by atoms with Crippen molar-refractivity contribution in [1.82, 2.24) is 4.90 Å². The normalized spacial score (nSPS) is 19.1. The van der Waals surface area contributed by atoms with Gasteiger partial charge in [0.1, 0.15) is 4.32 Å². The quantitative estimate of drug-likeness (QED) is 0.363. The van der Waals surface area contributed by atoms with Gasteiger partial charge in [-0.25, -0.2) is 0 Å². The molecule has 2 aromatic rings. The predicted octanol–water partition coefficient (Wildman–Crippen LogP) is 4.86. The fourth-order valence-corrected chi connectivity index (χ4v) is 5.47. The number of methoxy groups -OCH3 is 1. The molecule has 2 fully saturated rings. The van der Waals surface area contributed by atoms with E-state index in [0.29, 0.717) is 37.4 Å². The molecule has 2 aliphatic rings. The van der Waals surface area contributed by atoms with Crippen molar-refractivity contribution in [3.8, 4) is 11.5 Å². The van der Waals surface area contributed by atoms with Crippen LogP contribution < -0.4 is 14.8 Å². The van der Waals surface area contributed by atoms with Crippen LogP contribution in [0.4, 0.5) is 5.69 Å². The van der Waals surface area contributed by atoms with E-state index in [1.54, 1.807) is 35.2 Å². The monoisotopic (exact) mass is 562 g/mol. The van der Waals surface area contributed by atoms with Gasteiger partial charge in [0.25, 0.3) is 11.8 Å². The number of anilines is 1. The van der Waals surface area contributed by atoms with E-state index < -0.39 is 0 Å². The first-order valence-electron chi connectivity index (χ1n) is 10.7. The highest BCUT2D eigenvalue weighted by Gasteiger charge is 2.34. The van der Waals surface area contributed by atoms with Crippen molar-refractivity contribution >= 4 is 67.8 Å². The van der Waals surface area contributed by atoms with Crippen LogP contribution in [0, 0.1) is 0 Å². The number of amides is 2. The summed E-state index contributed by atoms with van der Waals surface area (Å²) in [5.41, 5.74) is 1.43. The van der Waals surface area contributed by atoms with Crippen molar-refractivity contribution in [2.75, 3.05) is 32.2 Å². The Balaban J connectivity index is 1.45. The number of para-hydroxylation sites is 1. The molecule has 0 bridgehead atoms. The molecule has 0 spiro atoms. The molecule has 7 nitrogen and oxygen atoms in total. The second-order valence-corrected chi connectivity index (χ2v) is 10.2. The molecule has 0 radical (unpaired) electrons. The third kappa shape index (κ3) is 5.99. The van der Waals surface area contributed by atoms with Crippen molar-refractivity contribution in [3.05, 3.63) is 57.4 Å². The van der Waals surface area contributed by atoms with Crippen LogP contribution in [0.1, 0.15) is 18.4 Å². The minimum absolute atomic E-state index is 0.0339. The number of hydrogen-bond donors (Lipinski definition) is 1. The summed E-state index contributed by atoms with van der Waals surface area (Å²) in [5.74, 6) is 0.411. The molecule has 2 amide bonds. The lowest BCUT2D eigenvalue weighted by Crippen LogP contribution is -2.35. The van der Waals surface area contributed by atoms with Gasteiger partial charge >= 0.3 is 0 Å². The van der Waals surface area contributed by atoms with Crippen LogP contribution in [0.3, 0.4) is 0 Å². The fraction of sp³-hybridized carbons (Fsp3) is 0.292. The van der Waals surface area contributed by atoms with E-state index in [1.165, 1.54) is 18.9 Å². The van der Waals surface area contributed by atoms with Gasteiger partial charge in [0.2, 0.25) is 0 Å². The molecule has 0 saturated carbocycles. The van der Waals surface area contributed by atoms with Gasteiger partial charge in [0.15, 0.2) is 18.1 Å². The second-order valence-electron chi connectivity index (χ2n) is 7.66. The first-order valence-corrected chi connectivity index (χ1v) is 12.7. The van der Waals surface area contributed by atoms with E-state index in [9.17, 15) is 9.59 Å². The maximum atomic E-state index is 12.9. The average molecular weight is 563 g/mol. The standard InChI is InChI=1S/C24H23BrN2O5S2/c1-30-19-11-15(12-20-23(29)27(24(33)34-20)13-17-8-5-9-31-17)10-18(25)22(19)32-14-21(28)26-16-6-3-2-4-7-16/h2-4,6-7,10-12,17H,5,8-9,13-14H2,1H3,(H,26,28)/b20-12-/t17-/m0/s1. The summed E-state index contributed by atoms with van der Waals surface area (Å²) in [6.07, 6.45) is 3.75. The number of benzene rings is 2. The first kappa shape index (κ1) is 24.7. The van der Waals surface area contributed by atoms with Crippen molar-refractivity contribution in [3.63, 3.8) is 0 Å². The van der Waals surface area contributed by atoms with Gasteiger partial charge in [0, 0.05) is 12.3 Å². The highest BCUT2D eigenvalue weighted by Crippen LogP contribution is 2.39. The fourth-order valence-electron chi connectivity index (χ4n) is 3.62.